The maximum absolute atomic E-state index is 12.6. The number of carbonyl (C=O) groups is 2. The van der Waals surface area contributed by atoms with Gasteiger partial charge in [-0.15, -0.1) is 0 Å². The number of hydrogen-bond acceptors (Lipinski definition) is 5. The van der Waals surface area contributed by atoms with Crippen LogP contribution in [0, 0.1) is 5.92 Å². The Morgan fingerprint density at radius 1 is 1.27 bits per heavy atom. The minimum absolute atomic E-state index is 0.00720. The van der Waals surface area contributed by atoms with Crippen molar-refractivity contribution in [1.82, 2.24) is 5.32 Å². The number of rotatable bonds is 11. The Bertz CT molecular complexity index is 637. The summed E-state index contributed by atoms with van der Waals surface area (Å²) in [7, 11) is -4.42. The number of aryl methyl sites for hydroxylation is 1. The second-order valence-corrected chi connectivity index (χ2v) is 8.21. The molecule has 3 atom stereocenters. The number of aliphatic carboxylic acids is 1. The summed E-state index contributed by atoms with van der Waals surface area (Å²) >= 11 is 0. The maximum Gasteiger partial charge on any atom is 0.351 e. The second kappa shape index (κ2) is 10.4. The lowest BCUT2D eigenvalue weighted by Gasteiger charge is -2.28. The molecule has 1 amide bonds. The Kier molecular flexibility index (Phi) is 8.95. The van der Waals surface area contributed by atoms with E-state index in [4.69, 9.17) is 15.4 Å². The summed E-state index contributed by atoms with van der Waals surface area (Å²) in [5, 5.41) is 11.6. The third kappa shape index (κ3) is 7.25. The van der Waals surface area contributed by atoms with Crippen LogP contribution in [0.1, 0.15) is 32.3 Å². The standard InChI is InChI=1S/C17H27N2O6P/c1-12(2)16(26(23,24)25-14(10-11-18)17(21)22)19-15(20)9-8-13-6-4-3-5-7-13/h3-7,12,14,16H,8-11,18H2,1-2H3,(H,19,20)(H,21,22)(H,23,24)/t14-,16?/m0/s1. The van der Waals surface area contributed by atoms with Crippen LogP contribution in [0.2, 0.25) is 0 Å². The molecule has 0 aliphatic carbocycles. The lowest BCUT2D eigenvalue weighted by molar-refractivity contribution is -0.145. The molecule has 0 radical (unpaired) electrons. The molecule has 0 fully saturated rings. The molecule has 26 heavy (non-hydrogen) atoms. The van der Waals surface area contributed by atoms with Crippen molar-refractivity contribution in [2.24, 2.45) is 11.7 Å². The van der Waals surface area contributed by atoms with Gasteiger partial charge in [0.25, 0.3) is 0 Å². The summed E-state index contributed by atoms with van der Waals surface area (Å²) in [5.74, 6) is -3.41. The topological polar surface area (TPSA) is 139 Å². The SMILES string of the molecule is CC(C)C(NC(=O)CCc1ccccc1)P(=O)(O)O[C@@H](CCN)C(=O)O. The fourth-order valence-corrected chi connectivity index (χ4v) is 4.14. The quantitative estimate of drug-likeness (QED) is 0.425. The molecule has 0 aliphatic rings. The average Bonchev–Trinajstić information content (AvgIpc) is 2.57. The van der Waals surface area contributed by atoms with Crippen molar-refractivity contribution in [3.05, 3.63) is 35.9 Å². The molecule has 0 spiro atoms. The van der Waals surface area contributed by atoms with Gasteiger partial charge in [-0.25, -0.2) is 4.79 Å². The fourth-order valence-electron chi connectivity index (χ4n) is 2.39. The van der Waals surface area contributed by atoms with Gasteiger partial charge in [-0.05, 0) is 30.9 Å². The summed E-state index contributed by atoms with van der Waals surface area (Å²) in [6, 6.07) is 9.37. The van der Waals surface area contributed by atoms with Crippen molar-refractivity contribution in [3.8, 4) is 0 Å². The predicted octanol–water partition coefficient (Wildman–Crippen LogP) is 1.72. The molecule has 8 nitrogen and oxygen atoms in total. The van der Waals surface area contributed by atoms with Crippen LogP contribution < -0.4 is 11.1 Å². The van der Waals surface area contributed by atoms with Crippen LogP contribution in [-0.4, -0.2) is 40.3 Å². The van der Waals surface area contributed by atoms with E-state index in [9.17, 15) is 19.0 Å². The maximum atomic E-state index is 12.6. The van der Waals surface area contributed by atoms with Gasteiger partial charge < -0.3 is 21.1 Å². The summed E-state index contributed by atoms with van der Waals surface area (Å²) in [5.41, 5.74) is 6.29. The molecule has 146 valence electrons. The first kappa shape index (κ1) is 22.3. The molecule has 0 aliphatic heterocycles. The van der Waals surface area contributed by atoms with E-state index in [2.05, 4.69) is 5.32 Å². The zero-order valence-electron chi connectivity index (χ0n) is 15.0. The van der Waals surface area contributed by atoms with E-state index in [1.165, 1.54) is 0 Å². The largest absolute Gasteiger partial charge is 0.479 e. The van der Waals surface area contributed by atoms with Crippen LogP contribution >= 0.6 is 7.60 Å². The first-order valence-corrected chi connectivity index (χ1v) is 10.1. The van der Waals surface area contributed by atoms with E-state index in [-0.39, 0.29) is 19.4 Å². The molecule has 0 bridgehead atoms. The molecule has 9 heteroatoms. The molecule has 1 rings (SSSR count). The van der Waals surface area contributed by atoms with Crippen LogP contribution in [-0.2, 0) is 25.1 Å². The number of hydrogen-bond donors (Lipinski definition) is 4. The van der Waals surface area contributed by atoms with Gasteiger partial charge in [0.2, 0.25) is 5.91 Å². The highest BCUT2D eigenvalue weighted by molar-refractivity contribution is 7.53. The molecule has 2 unspecified atom stereocenters. The Morgan fingerprint density at radius 3 is 2.38 bits per heavy atom. The number of nitrogens with two attached hydrogens (primary N) is 1. The third-order valence-electron chi connectivity index (χ3n) is 3.76. The van der Waals surface area contributed by atoms with E-state index < -0.39 is 37.3 Å². The Hall–Kier alpha value is -1.73. The Labute approximate surface area is 153 Å². The lowest BCUT2D eigenvalue weighted by atomic mass is 10.1. The van der Waals surface area contributed by atoms with Crippen LogP contribution in [0.25, 0.3) is 0 Å². The number of amides is 1. The number of carboxylic acid groups (broad SMARTS) is 1. The molecule has 0 saturated carbocycles. The van der Waals surface area contributed by atoms with Gasteiger partial charge in [0.15, 0.2) is 6.10 Å². The molecule has 1 aromatic carbocycles. The third-order valence-corrected chi connectivity index (χ3v) is 5.74. The van der Waals surface area contributed by atoms with Gasteiger partial charge in [0.05, 0.1) is 0 Å². The Morgan fingerprint density at radius 2 is 1.88 bits per heavy atom. The Balaban J connectivity index is 2.74. The van der Waals surface area contributed by atoms with Crippen molar-refractivity contribution in [1.29, 1.82) is 0 Å². The number of carboxylic acids is 1. The summed E-state index contributed by atoms with van der Waals surface area (Å²) in [6.45, 7) is 3.28. The summed E-state index contributed by atoms with van der Waals surface area (Å²) in [6.07, 6.45) is -0.984. The van der Waals surface area contributed by atoms with E-state index >= 15 is 0 Å². The summed E-state index contributed by atoms with van der Waals surface area (Å²) in [4.78, 5) is 33.6. The van der Waals surface area contributed by atoms with E-state index in [1.54, 1.807) is 13.8 Å². The molecular formula is C17H27N2O6P. The first-order valence-electron chi connectivity index (χ1n) is 8.44. The van der Waals surface area contributed by atoms with Crippen LogP contribution in [0.4, 0.5) is 0 Å². The molecule has 0 heterocycles. The zero-order chi connectivity index (χ0) is 19.7. The molecule has 1 aromatic rings. The van der Waals surface area contributed by atoms with Crippen molar-refractivity contribution < 1.29 is 28.7 Å². The van der Waals surface area contributed by atoms with Gasteiger partial charge in [0, 0.05) is 6.42 Å². The minimum Gasteiger partial charge on any atom is -0.479 e. The normalized spacial score (nSPS) is 15.9. The van der Waals surface area contributed by atoms with Gasteiger partial charge in [-0.3, -0.25) is 13.9 Å². The zero-order valence-corrected chi connectivity index (χ0v) is 15.9. The van der Waals surface area contributed by atoms with Crippen LogP contribution in [0.5, 0.6) is 0 Å². The highest BCUT2D eigenvalue weighted by Crippen LogP contribution is 2.50. The van der Waals surface area contributed by atoms with Gasteiger partial charge in [-0.2, -0.15) is 0 Å². The smallest absolute Gasteiger partial charge is 0.351 e. The molecule has 0 saturated heterocycles. The number of benzene rings is 1. The number of carbonyl (C=O) groups excluding carboxylic acids is 1. The van der Waals surface area contributed by atoms with Crippen molar-refractivity contribution in [2.45, 2.75) is 45.0 Å². The predicted molar refractivity (Wildman–Crippen MR) is 97.5 cm³/mol. The average molecular weight is 386 g/mol. The first-order chi connectivity index (χ1) is 12.2. The van der Waals surface area contributed by atoms with Gasteiger partial charge >= 0.3 is 13.6 Å². The van der Waals surface area contributed by atoms with Gasteiger partial charge in [-0.1, -0.05) is 44.2 Å². The fraction of sp³-hybridized carbons (Fsp3) is 0.529. The molecular weight excluding hydrogens is 359 g/mol. The van der Waals surface area contributed by atoms with Crippen molar-refractivity contribution >= 4 is 19.5 Å². The van der Waals surface area contributed by atoms with Crippen LogP contribution in [0.3, 0.4) is 0 Å². The van der Waals surface area contributed by atoms with E-state index in [1.807, 2.05) is 30.3 Å². The van der Waals surface area contributed by atoms with Crippen LogP contribution in [0.15, 0.2) is 30.3 Å². The monoisotopic (exact) mass is 386 g/mol. The summed E-state index contributed by atoms with van der Waals surface area (Å²) < 4.78 is 17.5. The highest BCUT2D eigenvalue weighted by Gasteiger charge is 2.39. The van der Waals surface area contributed by atoms with E-state index in [0.29, 0.717) is 6.42 Å². The van der Waals surface area contributed by atoms with Gasteiger partial charge in [0.1, 0.15) is 5.78 Å². The minimum atomic E-state index is -4.42. The van der Waals surface area contributed by atoms with E-state index in [0.717, 1.165) is 5.56 Å². The second-order valence-electron chi connectivity index (χ2n) is 6.32. The van der Waals surface area contributed by atoms with Crippen molar-refractivity contribution in [2.75, 3.05) is 6.54 Å². The van der Waals surface area contributed by atoms with Crippen molar-refractivity contribution in [3.63, 3.8) is 0 Å². The highest BCUT2D eigenvalue weighted by atomic mass is 31.2. The number of nitrogens with one attached hydrogen (secondary N) is 1. The molecule has 0 aromatic heterocycles. The lowest BCUT2D eigenvalue weighted by Crippen LogP contribution is -2.40. The molecule has 5 N–H and O–H groups in total.